The van der Waals surface area contributed by atoms with Gasteiger partial charge in [0, 0.05) is 21.3 Å². The van der Waals surface area contributed by atoms with E-state index in [1.165, 1.54) is 11.2 Å². The topological polar surface area (TPSA) is 27.7 Å². The molecule has 0 rings (SSSR count). The fourth-order valence-corrected chi connectivity index (χ4v) is 5.94. The van der Waals surface area contributed by atoms with Crippen molar-refractivity contribution in [2.75, 3.05) is 21.3 Å². The molecule has 3 nitrogen and oxygen atoms in total. The lowest BCUT2D eigenvalue weighted by molar-refractivity contribution is 0.153. The lowest BCUT2D eigenvalue weighted by atomic mass is 10.1. The highest BCUT2D eigenvalue weighted by Gasteiger charge is 2.42. The van der Waals surface area contributed by atoms with Crippen molar-refractivity contribution >= 4 is 35.6 Å². The molecular weight excluding hydrogens is 248 g/mol. The average Bonchev–Trinajstić information content (AvgIpc) is 2.28. The van der Waals surface area contributed by atoms with Crippen LogP contribution in [0.15, 0.2) is 0 Å². The van der Waals surface area contributed by atoms with Crippen molar-refractivity contribution in [2.24, 2.45) is 5.92 Å². The molecule has 0 saturated carbocycles. The maximum absolute atomic E-state index is 5.38. The summed E-state index contributed by atoms with van der Waals surface area (Å²) in [6.45, 7) is 4.27. The van der Waals surface area contributed by atoms with Gasteiger partial charge in [-0.25, -0.2) is 0 Å². The Hall–Kier alpha value is 0.537. The highest BCUT2D eigenvalue weighted by Crippen LogP contribution is 2.29. The molecule has 0 aliphatic carbocycles. The molecule has 0 spiro atoms. The zero-order valence-electron chi connectivity index (χ0n) is 10.0. The molecule has 0 aromatic carbocycles. The third-order valence-electron chi connectivity index (χ3n) is 2.29. The molecule has 0 aliphatic heterocycles. The van der Waals surface area contributed by atoms with E-state index in [1.54, 1.807) is 21.3 Å². The van der Waals surface area contributed by atoms with Crippen LogP contribution in [0.2, 0.25) is 0 Å². The Morgan fingerprint density at radius 2 is 1.53 bits per heavy atom. The second-order valence-corrected chi connectivity index (χ2v) is 8.73. The molecule has 0 aromatic heterocycles. The summed E-state index contributed by atoms with van der Waals surface area (Å²) < 4.78 is 16.9. The van der Waals surface area contributed by atoms with E-state index in [2.05, 4.69) is 13.8 Å². The van der Waals surface area contributed by atoms with Gasteiger partial charge in [-0.3, -0.25) is 0 Å². The number of rotatable bonds is 7. The third-order valence-corrected chi connectivity index (χ3v) is 8.52. The number of hydrogen-bond donors (Lipinski definition) is 0. The first kappa shape index (κ1) is 15.5. The predicted octanol–water partition coefficient (Wildman–Crippen LogP) is 2.86. The minimum atomic E-state index is -2.60. The first-order valence-electron chi connectivity index (χ1n) is 4.97. The summed E-state index contributed by atoms with van der Waals surface area (Å²) in [4.78, 5) is 0. The zero-order chi connectivity index (χ0) is 11.9. The van der Waals surface area contributed by atoms with Crippen LogP contribution in [0.4, 0.5) is 0 Å². The van der Waals surface area contributed by atoms with E-state index in [0.717, 1.165) is 17.0 Å². The minimum absolute atomic E-state index is 0.428. The van der Waals surface area contributed by atoms with Crippen molar-refractivity contribution in [3.63, 3.8) is 0 Å². The lowest BCUT2D eigenvalue weighted by Crippen LogP contribution is -2.41. The monoisotopic (exact) mass is 268 g/mol. The lowest BCUT2D eigenvalue weighted by Gasteiger charge is -2.25. The van der Waals surface area contributed by atoms with E-state index in [1.807, 2.05) is 0 Å². The molecule has 15 heavy (non-hydrogen) atoms. The molecule has 0 aliphatic rings. The summed E-state index contributed by atoms with van der Waals surface area (Å²) in [7, 11) is 2.20. The van der Waals surface area contributed by atoms with Gasteiger partial charge < -0.3 is 13.3 Å². The highest BCUT2D eigenvalue weighted by molar-refractivity contribution is 8.42. The fourth-order valence-electron chi connectivity index (χ4n) is 1.20. The van der Waals surface area contributed by atoms with Gasteiger partial charge in [0.15, 0.2) is 0 Å². The molecule has 0 N–H and O–H groups in total. The summed E-state index contributed by atoms with van der Waals surface area (Å²) in [5, 5.41) is 0. The molecule has 90 valence electrons. The fraction of sp³-hybridized carbons (Fsp3) is 0.889. The third kappa shape index (κ3) is 4.50. The smallest absolute Gasteiger partial charge is 0.368 e. The predicted molar refractivity (Wildman–Crippen MR) is 71.0 cm³/mol. The maximum atomic E-state index is 5.38. The summed E-state index contributed by atoms with van der Waals surface area (Å²) in [5.41, 5.74) is 0. The summed E-state index contributed by atoms with van der Waals surface area (Å²) >= 11 is 6.83. The SMILES string of the molecule is CCC(CC)C(=S)S[Si](OC)(OC)OC. The van der Waals surface area contributed by atoms with E-state index in [4.69, 9.17) is 25.5 Å². The Balaban J connectivity index is 4.46. The Morgan fingerprint density at radius 1 is 1.13 bits per heavy atom. The van der Waals surface area contributed by atoms with E-state index in [9.17, 15) is 0 Å². The maximum Gasteiger partial charge on any atom is 0.577 e. The highest BCUT2D eigenvalue weighted by atomic mass is 32.4. The molecule has 0 bridgehead atoms. The van der Waals surface area contributed by atoms with E-state index >= 15 is 0 Å². The van der Waals surface area contributed by atoms with Crippen LogP contribution in [0.3, 0.4) is 0 Å². The van der Waals surface area contributed by atoms with Crippen molar-refractivity contribution in [1.82, 2.24) is 0 Å². The molecule has 0 aromatic rings. The first-order chi connectivity index (χ1) is 7.09. The molecular formula is C9H20O3S2Si. The van der Waals surface area contributed by atoms with Crippen LogP contribution in [0.25, 0.3) is 0 Å². The van der Waals surface area contributed by atoms with Crippen LogP contribution < -0.4 is 0 Å². The average molecular weight is 268 g/mol. The quantitative estimate of drug-likeness (QED) is 0.523. The number of thiocarbonyl (C=S) groups is 1. The molecule has 6 heteroatoms. The standard InChI is InChI=1S/C9H20O3S2Si/c1-6-8(7-2)9(13)14-15(10-3,11-4)12-5/h8H,6-7H2,1-5H3. The Bertz CT molecular complexity index is 186. The van der Waals surface area contributed by atoms with Crippen molar-refractivity contribution in [3.8, 4) is 0 Å². The molecule has 0 radical (unpaired) electrons. The number of hydrogen-bond acceptors (Lipinski definition) is 5. The zero-order valence-corrected chi connectivity index (χ0v) is 12.7. The van der Waals surface area contributed by atoms with Gasteiger partial charge in [-0.05, 0) is 18.8 Å². The Kier molecular flexibility index (Phi) is 8.03. The van der Waals surface area contributed by atoms with E-state index in [0.29, 0.717) is 5.92 Å². The van der Waals surface area contributed by atoms with Crippen molar-refractivity contribution in [2.45, 2.75) is 26.7 Å². The van der Waals surface area contributed by atoms with Crippen LogP contribution in [0.1, 0.15) is 26.7 Å². The van der Waals surface area contributed by atoms with Gasteiger partial charge in [0.25, 0.3) is 0 Å². The van der Waals surface area contributed by atoms with Crippen molar-refractivity contribution in [3.05, 3.63) is 0 Å². The van der Waals surface area contributed by atoms with Gasteiger partial charge in [0.1, 0.15) is 0 Å². The van der Waals surface area contributed by atoms with Gasteiger partial charge >= 0.3 is 7.95 Å². The minimum Gasteiger partial charge on any atom is -0.368 e. The molecule has 0 heterocycles. The van der Waals surface area contributed by atoms with Crippen LogP contribution in [0.5, 0.6) is 0 Å². The van der Waals surface area contributed by atoms with Gasteiger partial charge in [-0.1, -0.05) is 37.3 Å². The van der Waals surface area contributed by atoms with Crippen LogP contribution in [-0.2, 0) is 13.3 Å². The van der Waals surface area contributed by atoms with Gasteiger partial charge in [0.2, 0.25) is 0 Å². The van der Waals surface area contributed by atoms with Crippen LogP contribution in [-0.4, -0.2) is 33.5 Å². The van der Waals surface area contributed by atoms with E-state index in [-0.39, 0.29) is 0 Å². The van der Waals surface area contributed by atoms with Crippen LogP contribution in [0, 0.1) is 5.92 Å². The summed E-state index contributed by atoms with van der Waals surface area (Å²) in [6, 6.07) is 0. The molecule has 0 atom stereocenters. The molecule has 0 unspecified atom stereocenters. The van der Waals surface area contributed by atoms with Gasteiger partial charge in [-0.15, -0.1) is 0 Å². The normalized spacial score (nSPS) is 12.1. The van der Waals surface area contributed by atoms with Crippen molar-refractivity contribution < 1.29 is 13.3 Å². The second-order valence-electron chi connectivity index (χ2n) is 3.05. The second kappa shape index (κ2) is 7.75. The largest absolute Gasteiger partial charge is 0.577 e. The Labute approximate surface area is 103 Å². The molecule has 0 saturated heterocycles. The van der Waals surface area contributed by atoms with Gasteiger partial charge in [-0.2, -0.15) is 0 Å². The molecule has 0 amide bonds. The van der Waals surface area contributed by atoms with Crippen LogP contribution >= 0.6 is 23.4 Å². The summed E-state index contributed by atoms with van der Waals surface area (Å²) in [5.74, 6) is 0.428. The van der Waals surface area contributed by atoms with Crippen molar-refractivity contribution in [1.29, 1.82) is 0 Å². The van der Waals surface area contributed by atoms with Gasteiger partial charge in [0.05, 0.1) is 4.20 Å². The van der Waals surface area contributed by atoms with E-state index < -0.39 is 7.95 Å². The summed E-state index contributed by atoms with van der Waals surface area (Å²) in [6.07, 6.45) is 2.09. The molecule has 0 fully saturated rings. The Morgan fingerprint density at radius 3 is 1.80 bits per heavy atom. The first-order valence-corrected chi connectivity index (χ1v) is 8.64.